The van der Waals surface area contributed by atoms with Crippen molar-refractivity contribution in [3.8, 4) is 0 Å². The number of aromatic nitrogens is 4. The van der Waals surface area contributed by atoms with Crippen LogP contribution >= 0.6 is 0 Å². The van der Waals surface area contributed by atoms with Gasteiger partial charge in [-0.1, -0.05) is 0 Å². The number of nitrogen functional groups attached to an aromatic ring is 4. The third-order valence-electron chi connectivity index (χ3n) is 1.57. The van der Waals surface area contributed by atoms with E-state index < -0.39 is 11.9 Å². The molecule has 12 heteroatoms. The monoisotopic (exact) mass is 310 g/mol. The number of nitrogens with two attached hydrogens (primary N) is 4. The molecule has 0 aliphatic rings. The Morgan fingerprint density at radius 2 is 1.09 bits per heavy atom. The Hall–Kier alpha value is -3.70. The number of rotatable bonds is 0. The maximum atomic E-state index is 9.10. The van der Waals surface area contributed by atoms with Crippen LogP contribution in [0, 0.1) is 0 Å². The molecule has 0 saturated heterocycles. The molecule has 0 fully saturated rings. The minimum absolute atomic E-state index is 0.213. The molecule has 0 unspecified atom stereocenters. The fourth-order valence-corrected chi connectivity index (χ4v) is 0.777. The summed E-state index contributed by atoms with van der Waals surface area (Å²) >= 11 is 0. The molecule has 2 rings (SSSR count). The number of carboxylic acids is 2. The van der Waals surface area contributed by atoms with E-state index in [4.69, 9.17) is 42.7 Å². The molecular formula is C10H14N8O4. The van der Waals surface area contributed by atoms with Gasteiger partial charge in [-0.05, 0) is 12.1 Å². The van der Waals surface area contributed by atoms with E-state index in [0.717, 1.165) is 0 Å². The van der Waals surface area contributed by atoms with Crippen LogP contribution in [0.2, 0.25) is 0 Å². The van der Waals surface area contributed by atoms with E-state index in [1.165, 1.54) is 12.4 Å². The van der Waals surface area contributed by atoms with Crippen LogP contribution in [0.1, 0.15) is 0 Å². The van der Waals surface area contributed by atoms with E-state index in [1.807, 2.05) is 0 Å². The fraction of sp³-hybridized carbons (Fsp3) is 0. The number of nitrogens with zero attached hydrogens (tertiary/aromatic N) is 4. The van der Waals surface area contributed by atoms with Gasteiger partial charge in [0, 0.05) is 12.4 Å². The van der Waals surface area contributed by atoms with E-state index in [-0.39, 0.29) is 11.9 Å². The number of hydrogen-bond donors (Lipinski definition) is 6. The lowest BCUT2D eigenvalue weighted by Crippen LogP contribution is -2.09. The van der Waals surface area contributed by atoms with Gasteiger partial charge in [0.1, 0.15) is 11.6 Å². The number of aliphatic carboxylic acids is 2. The average molecular weight is 310 g/mol. The standard InChI is InChI=1S/2C4H6N4.C2H2O4/c2*5-3-1-2-7-4(6)8-3;3-1(4)2(5)6/h2*1-2H,(H4,5,6,7,8);(H,3,4)(H,5,6). The third-order valence-corrected chi connectivity index (χ3v) is 1.57. The molecule has 0 saturated carbocycles. The zero-order chi connectivity index (χ0) is 17.1. The second-order valence-electron chi connectivity index (χ2n) is 3.29. The Morgan fingerprint density at radius 3 is 1.23 bits per heavy atom. The van der Waals surface area contributed by atoms with Crippen molar-refractivity contribution in [3.63, 3.8) is 0 Å². The quantitative estimate of drug-likeness (QED) is 0.303. The van der Waals surface area contributed by atoms with Gasteiger partial charge in [-0.3, -0.25) is 0 Å². The van der Waals surface area contributed by atoms with Crippen molar-refractivity contribution in [2.24, 2.45) is 0 Å². The Kier molecular flexibility index (Phi) is 7.69. The summed E-state index contributed by atoms with van der Waals surface area (Å²) in [6, 6.07) is 3.16. The van der Waals surface area contributed by atoms with Crippen molar-refractivity contribution in [1.82, 2.24) is 19.9 Å². The molecule has 0 aromatic carbocycles. The second kappa shape index (κ2) is 9.24. The van der Waals surface area contributed by atoms with Crippen molar-refractivity contribution in [2.45, 2.75) is 0 Å². The zero-order valence-electron chi connectivity index (χ0n) is 11.1. The molecule has 0 aliphatic carbocycles. The highest BCUT2D eigenvalue weighted by Gasteiger charge is 2.04. The van der Waals surface area contributed by atoms with E-state index >= 15 is 0 Å². The van der Waals surface area contributed by atoms with Crippen molar-refractivity contribution in [3.05, 3.63) is 24.5 Å². The Labute approximate surface area is 123 Å². The largest absolute Gasteiger partial charge is 0.473 e. The van der Waals surface area contributed by atoms with Gasteiger partial charge in [0.25, 0.3) is 0 Å². The van der Waals surface area contributed by atoms with Gasteiger partial charge in [-0.25, -0.2) is 19.6 Å². The Morgan fingerprint density at radius 1 is 0.773 bits per heavy atom. The molecule has 0 amide bonds. The average Bonchev–Trinajstić information content (AvgIpc) is 2.39. The first-order valence-corrected chi connectivity index (χ1v) is 5.36. The highest BCUT2D eigenvalue weighted by atomic mass is 16.4. The van der Waals surface area contributed by atoms with E-state index in [1.54, 1.807) is 12.1 Å². The topological polar surface area (TPSA) is 230 Å². The number of anilines is 4. The van der Waals surface area contributed by atoms with Gasteiger partial charge in [0.2, 0.25) is 11.9 Å². The van der Waals surface area contributed by atoms with E-state index in [2.05, 4.69) is 19.9 Å². The van der Waals surface area contributed by atoms with Gasteiger partial charge in [0.05, 0.1) is 0 Å². The van der Waals surface area contributed by atoms with Gasteiger partial charge in [-0.2, -0.15) is 9.97 Å². The molecule has 12 nitrogen and oxygen atoms in total. The highest BCUT2D eigenvalue weighted by Crippen LogP contribution is 1.95. The van der Waals surface area contributed by atoms with Crippen LogP contribution in [0.4, 0.5) is 23.5 Å². The predicted molar refractivity (Wildman–Crippen MR) is 77.0 cm³/mol. The van der Waals surface area contributed by atoms with Gasteiger partial charge in [0.15, 0.2) is 0 Å². The normalized spacial score (nSPS) is 8.55. The lowest BCUT2D eigenvalue weighted by molar-refractivity contribution is -0.159. The fourth-order valence-electron chi connectivity index (χ4n) is 0.777. The summed E-state index contributed by atoms with van der Waals surface area (Å²) in [6.07, 6.45) is 3.02. The molecule has 0 bridgehead atoms. The smallest absolute Gasteiger partial charge is 0.414 e. The van der Waals surface area contributed by atoms with Crippen molar-refractivity contribution in [2.75, 3.05) is 22.9 Å². The lowest BCUT2D eigenvalue weighted by Gasteiger charge is -1.89. The van der Waals surface area contributed by atoms with E-state index in [9.17, 15) is 0 Å². The highest BCUT2D eigenvalue weighted by molar-refractivity contribution is 6.27. The second-order valence-corrected chi connectivity index (χ2v) is 3.29. The number of carboxylic acid groups (broad SMARTS) is 2. The van der Waals surface area contributed by atoms with Crippen LogP contribution in [0.5, 0.6) is 0 Å². The first-order chi connectivity index (χ1) is 10.2. The van der Waals surface area contributed by atoms with Crippen molar-refractivity contribution >= 4 is 35.5 Å². The van der Waals surface area contributed by atoms with Crippen LogP contribution in [0.3, 0.4) is 0 Å². The minimum Gasteiger partial charge on any atom is -0.473 e. The SMILES string of the molecule is Nc1ccnc(N)n1.Nc1ccnc(N)n1.O=C(O)C(=O)O. The maximum Gasteiger partial charge on any atom is 0.414 e. The number of carbonyl (C=O) groups is 2. The Bertz CT molecular complexity index is 546. The predicted octanol–water partition coefficient (Wildman–Crippen LogP) is -1.56. The summed E-state index contributed by atoms with van der Waals surface area (Å²) in [6.45, 7) is 0. The van der Waals surface area contributed by atoms with Crippen LogP contribution in [0.25, 0.3) is 0 Å². The summed E-state index contributed by atoms with van der Waals surface area (Å²) in [5.41, 5.74) is 20.8. The number of hydrogen-bond acceptors (Lipinski definition) is 10. The van der Waals surface area contributed by atoms with Gasteiger partial charge in [-0.15, -0.1) is 0 Å². The lowest BCUT2D eigenvalue weighted by atomic mass is 10.6. The minimum atomic E-state index is -1.82. The van der Waals surface area contributed by atoms with Gasteiger partial charge < -0.3 is 33.1 Å². The van der Waals surface area contributed by atoms with Crippen LogP contribution in [-0.4, -0.2) is 42.1 Å². The molecule has 0 aliphatic heterocycles. The third kappa shape index (κ3) is 9.26. The van der Waals surface area contributed by atoms with Crippen LogP contribution in [0.15, 0.2) is 24.5 Å². The first kappa shape index (κ1) is 18.3. The molecule has 0 spiro atoms. The molecular weight excluding hydrogens is 296 g/mol. The molecule has 2 heterocycles. The van der Waals surface area contributed by atoms with Gasteiger partial charge >= 0.3 is 11.9 Å². The molecule has 0 radical (unpaired) electrons. The molecule has 2 aromatic rings. The molecule has 10 N–H and O–H groups in total. The maximum absolute atomic E-state index is 9.10. The van der Waals surface area contributed by atoms with Crippen LogP contribution in [-0.2, 0) is 9.59 Å². The zero-order valence-corrected chi connectivity index (χ0v) is 11.1. The molecule has 2 aromatic heterocycles. The first-order valence-electron chi connectivity index (χ1n) is 5.36. The van der Waals surface area contributed by atoms with E-state index in [0.29, 0.717) is 11.6 Å². The molecule has 118 valence electrons. The van der Waals surface area contributed by atoms with Crippen molar-refractivity contribution < 1.29 is 19.8 Å². The summed E-state index contributed by atoms with van der Waals surface area (Å²) in [7, 11) is 0. The van der Waals surface area contributed by atoms with Crippen LogP contribution < -0.4 is 22.9 Å². The summed E-state index contributed by atoms with van der Waals surface area (Å²) in [5, 5.41) is 14.8. The summed E-state index contributed by atoms with van der Waals surface area (Å²) < 4.78 is 0. The molecule has 0 atom stereocenters. The Balaban J connectivity index is 0.000000306. The summed E-state index contributed by atoms with van der Waals surface area (Å²) in [5.74, 6) is -2.42. The molecule has 22 heavy (non-hydrogen) atoms. The summed E-state index contributed by atoms with van der Waals surface area (Å²) in [4.78, 5) is 32.7. The van der Waals surface area contributed by atoms with Crippen molar-refractivity contribution in [1.29, 1.82) is 0 Å².